The minimum absolute atomic E-state index is 0.0108. The third-order valence-electron chi connectivity index (χ3n) is 3.22. The molecule has 8 heteroatoms. The van der Waals surface area contributed by atoms with E-state index in [1.165, 1.54) is 6.92 Å². The van der Waals surface area contributed by atoms with Gasteiger partial charge in [-0.15, -0.1) is 0 Å². The van der Waals surface area contributed by atoms with E-state index in [-0.39, 0.29) is 23.2 Å². The lowest BCUT2D eigenvalue weighted by atomic mass is 10.1. The molecule has 2 rings (SSSR count). The van der Waals surface area contributed by atoms with Crippen LogP contribution in [0.4, 0.5) is 4.39 Å². The number of benzene rings is 1. The molecule has 0 aliphatic carbocycles. The van der Waals surface area contributed by atoms with Gasteiger partial charge in [-0.3, -0.25) is 0 Å². The largest absolute Gasteiger partial charge is 0.459 e. The summed E-state index contributed by atoms with van der Waals surface area (Å²) in [6.07, 6.45) is 1.46. The first-order chi connectivity index (χ1) is 9.79. The molecule has 116 valence electrons. The van der Waals surface area contributed by atoms with Gasteiger partial charge in [0.25, 0.3) is 0 Å². The van der Waals surface area contributed by atoms with Crippen LogP contribution in [0.15, 0.2) is 17.0 Å². The Morgan fingerprint density at radius 3 is 2.81 bits per heavy atom. The summed E-state index contributed by atoms with van der Waals surface area (Å²) in [4.78, 5) is 11.6. The lowest BCUT2D eigenvalue weighted by Gasteiger charge is -2.12. The molecule has 0 radical (unpaired) electrons. The highest BCUT2D eigenvalue weighted by atomic mass is 32.2. The van der Waals surface area contributed by atoms with Crippen molar-refractivity contribution in [1.82, 2.24) is 0 Å². The van der Waals surface area contributed by atoms with Gasteiger partial charge in [-0.05, 0) is 37.5 Å². The van der Waals surface area contributed by atoms with Gasteiger partial charge < -0.3 is 9.47 Å². The summed E-state index contributed by atoms with van der Waals surface area (Å²) in [6, 6.07) is 1.85. The van der Waals surface area contributed by atoms with Gasteiger partial charge in [0.05, 0.1) is 16.6 Å². The number of hydrogen-bond donors (Lipinski definition) is 1. The number of aryl methyl sites for hydroxylation is 1. The van der Waals surface area contributed by atoms with Crippen molar-refractivity contribution in [1.29, 1.82) is 0 Å². The number of sulfonamides is 1. The zero-order valence-corrected chi connectivity index (χ0v) is 12.3. The highest BCUT2D eigenvalue weighted by molar-refractivity contribution is 7.89. The summed E-state index contributed by atoms with van der Waals surface area (Å²) < 4.78 is 46.8. The first kappa shape index (κ1) is 15.9. The molecular formula is C13H16FNO5S. The van der Waals surface area contributed by atoms with Crippen LogP contribution < -0.4 is 5.14 Å². The first-order valence-electron chi connectivity index (χ1n) is 6.40. The normalized spacial score (nSPS) is 18.7. The predicted molar refractivity (Wildman–Crippen MR) is 71.8 cm³/mol. The SMILES string of the molecule is Cc1cc(F)c(C(=O)OCC2CCCO2)cc1S(N)(=O)=O. The highest BCUT2D eigenvalue weighted by Gasteiger charge is 2.23. The van der Waals surface area contributed by atoms with Crippen LogP contribution in [0.2, 0.25) is 0 Å². The van der Waals surface area contributed by atoms with E-state index in [1.54, 1.807) is 0 Å². The molecular weight excluding hydrogens is 301 g/mol. The molecule has 0 saturated carbocycles. The van der Waals surface area contributed by atoms with Crippen molar-refractivity contribution in [3.05, 3.63) is 29.1 Å². The minimum Gasteiger partial charge on any atom is -0.459 e. The van der Waals surface area contributed by atoms with Crippen molar-refractivity contribution in [2.24, 2.45) is 5.14 Å². The van der Waals surface area contributed by atoms with Crippen molar-refractivity contribution in [3.63, 3.8) is 0 Å². The van der Waals surface area contributed by atoms with Gasteiger partial charge in [-0.25, -0.2) is 22.7 Å². The van der Waals surface area contributed by atoms with Crippen LogP contribution in [0.3, 0.4) is 0 Å². The zero-order valence-electron chi connectivity index (χ0n) is 11.5. The molecule has 2 N–H and O–H groups in total. The third-order valence-corrected chi connectivity index (χ3v) is 4.27. The van der Waals surface area contributed by atoms with Crippen LogP contribution in [-0.2, 0) is 19.5 Å². The Morgan fingerprint density at radius 2 is 2.24 bits per heavy atom. The third kappa shape index (κ3) is 3.78. The molecule has 0 amide bonds. The number of esters is 1. The number of carbonyl (C=O) groups is 1. The Hall–Kier alpha value is -1.51. The molecule has 1 unspecified atom stereocenters. The van der Waals surface area contributed by atoms with E-state index in [1.807, 2.05) is 0 Å². The Labute approximate surface area is 122 Å². The van der Waals surface area contributed by atoms with Gasteiger partial charge in [0.1, 0.15) is 12.4 Å². The molecule has 0 bridgehead atoms. The number of rotatable bonds is 4. The molecule has 1 aromatic carbocycles. The smallest absolute Gasteiger partial charge is 0.341 e. The van der Waals surface area contributed by atoms with Gasteiger partial charge in [0, 0.05) is 6.61 Å². The second kappa shape index (κ2) is 6.08. The average Bonchev–Trinajstić information content (AvgIpc) is 2.87. The zero-order chi connectivity index (χ0) is 15.6. The van der Waals surface area contributed by atoms with E-state index in [0.29, 0.717) is 6.61 Å². The topological polar surface area (TPSA) is 95.7 Å². The molecule has 1 fully saturated rings. The van der Waals surface area contributed by atoms with Gasteiger partial charge in [-0.1, -0.05) is 0 Å². The Kier molecular flexibility index (Phi) is 4.60. The van der Waals surface area contributed by atoms with E-state index in [9.17, 15) is 17.6 Å². The molecule has 1 atom stereocenters. The number of halogens is 1. The lowest BCUT2D eigenvalue weighted by Crippen LogP contribution is -2.20. The number of carbonyl (C=O) groups excluding carboxylic acids is 1. The molecule has 1 heterocycles. The molecule has 6 nitrogen and oxygen atoms in total. The van der Waals surface area contributed by atoms with Crippen molar-refractivity contribution in [2.75, 3.05) is 13.2 Å². The van der Waals surface area contributed by atoms with E-state index in [0.717, 1.165) is 25.0 Å². The quantitative estimate of drug-likeness (QED) is 0.840. The maximum absolute atomic E-state index is 13.8. The first-order valence-corrected chi connectivity index (χ1v) is 7.95. The summed E-state index contributed by atoms with van der Waals surface area (Å²) in [6.45, 7) is 2.01. The van der Waals surface area contributed by atoms with Crippen LogP contribution in [0.25, 0.3) is 0 Å². The van der Waals surface area contributed by atoms with E-state index in [4.69, 9.17) is 14.6 Å². The van der Waals surface area contributed by atoms with Crippen LogP contribution >= 0.6 is 0 Å². The summed E-state index contributed by atoms with van der Waals surface area (Å²) in [5, 5.41) is 5.03. The van der Waals surface area contributed by atoms with Crippen molar-refractivity contribution < 1.29 is 27.1 Å². The Morgan fingerprint density at radius 1 is 1.52 bits per heavy atom. The second-order valence-electron chi connectivity index (χ2n) is 4.88. The summed E-state index contributed by atoms with van der Waals surface area (Å²) in [7, 11) is -4.04. The van der Waals surface area contributed by atoms with Crippen molar-refractivity contribution in [2.45, 2.75) is 30.8 Å². The fourth-order valence-electron chi connectivity index (χ4n) is 2.14. The standard InChI is InChI=1S/C13H16FNO5S/c1-8-5-11(14)10(6-12(8)21(15,17)18)13(16)20-7-9-3-2-4-19-9/h5-6,9H,2-4,7H2,1H3,(H2,15,17,18). The monoisotopic (exact) mass is 317 g/mol. The molecule has 0 aromatic heterocycles. The number of nitrogens with two attached hydrogens (primary N) is 1. The molecule has 1 aliphatic heterocycles. The van der Waals surface area contributed by atoms with Gasteiger partial charge in [-0.2, -0.15) is 0 Å². The predicted octanol–water partition coefficient (Wildman–Crippen LogP) is 1.12. The summed E-state index contributed by atoms with van der Waals surface area (Å²) >= 11 is 0. The fourth-order valence-corrected chi connectivity index (χ4v) is 2.93. The Bertz CT molecular complexity index is 653. The number of primary sulfonamides is 1. The van der Waals surface area contributed by atoms with E-state index >= 15 is 0 Å². The molecule has 1 saturated heterocycles. The van der Waals surface area contributed by atoms with Crippen molar-refractivity contribution in [3.8, 4) is 0 Å². The van der Waals surface area contributed by atoms with E-state index in [2.05, 4.69) is 0 Å². The molecule has 1 aromatic rings. The van der Waals surface area contributed by atoms with Crippen LogP contribution in [0, 0.1) is 12.7 Å². The molecule has 0 spiro atoms. The fraction of sp³-hybridized carbons (Fsp3) is 0.462. The number of hydrogen-bond acceptors (Lipinski definition) is 5. The summed E-state index contributed by atoms with van der Waals surface area (Å²) in [5.74, 6) is -1.79. The van der Waals surface area contributed by atoms with E-state index < -0.39 is 27.4 Å². The second-order valence-corrected chi connectivity index (χ2v) is 6.41. The average molecular weight is 317 g/mol. The molecule has 21 heavy (non-hydrogen) atoms. The van der Waals surface area contributed by atoms with Crippen molar-refractivity contribution >= 4 is 16.0 Å². The molecule has 1 aliphatic rings. The van der Waals surface area contributed by atoms with Gasteiger partial charge in [0.2, 0.25) is 10.0 Å². The van der Waals surface area contributed by atoms with Crippen LogP contribution in [0.1, 0.15) is 28.8 Å². The maximum Gasteiger partial charge on any atom is 0.341 e. The number of ether oxygens (including phenoxy) is 2. The Balaban J connectivity index is 2.20. The van der Waals surface area contributed by atoms with Crippen LogP contribution in [-0.4, -0.2) is 33.7 Å². The maximum atomic E-state index is 13.8. The minimum atomic E-state index is -4.04. The van der Waals surface area contributed by atoms with Crippen LogP contribution in [0.5, 0.6) is 0 Å². The lowest BCUT2D eigenvalue weighted by molar-refractivity contribution is 0.0157. The highest BCUT2D eigenvalue weighted by Crippen LogP contribution is 2.20. The van der Waals surface area contributed by atoms with Gasteiger partial charge in [0.15, 0.2) is 0 Å². The van der Waals surface area contributed by atoms with Gasteiger partial charge >= 0.3 is 5.97 Å². The summed E-state index contributed by atoms with van der Waals surface area (Å²) in [5.41, 5.74) is -0.326.